The van der Waals surface area contributed by atoms with Gasteiger partial charge in [0.25, 0.3) is 0 Å². The molecule has 0 saturated heterocycles. The van der Waals surface area contributed by atoms with E-state index in [4.69, 9.17) is 0 Å². The Labute approximate surface area is 134 Å². The van der Waals surface area contributed by atoms with Gasteiger partial charge in [0, 0.05) is 10.0 Å². The molecule has 21 heavy (non-hydrogen) atoms. The van der Waals surface area contributed by atoms with E-state index in [1.165, 1.54) is 12.5 Å². The van der Waals surface area contributed by atoms with Gasteiger partial charge in [-0.05, 0) is 43.7 Å². The summed E-state index contributed by atoms with van der Waals surface area (Å²) < 4.78 is 14.7. The molecule has 0 heterocycles. The van der Waals surface area contributed by atoms with Crippen LogP contribution in [0.4, 0.5) is 4.39 Å². The second kappa shape index (κ2) is 6.89. The van der Waals surface area contributed by atoms with Gasteiger partial charge >= 0.3 is 0 Å². The number of nitrogens with zero attached hydrogens (tertiary/aromatic N) is 1. The molecule has 1 N–H and O–H groups in total. The molecule has 1 aliphatic rings. The Morgan fingerprint density at radius 2 is 2.14 bits per heavy atom. The van der Waals surface area contributed by atoms with Gasteiger partial charge in [0.1, 0.15) is 11.9 Å². The van der Waals surface area contributed by atoms with Crippen LogP contribution in [0.5, 0.6) is 0 Å². The molecule has 114 valence electrons. The molecule has 2 rings (SSSR count). The van der Waals surface area contributed by atoms with Crippen molar-refractivity contribution >= 4 is 15.9 Å². The first-order chi connectivity index (χ1) is 10.0. The average molecular weight is 354 g/mol. The van der Waals surface area contributed by atoms with Gasteiger partial charge in [0.2, 0.25) is 0 Å². The van der Waals surface area contributed by atoms with E-state index in [0.717, 1.165) is 19.3 Å². The van der Waals surface area contributed by atoms with Crippen molar-refractivity contribution in [1.29, 1.82) is 5.26 Å². The lowest BCUT2D eigenvalue weighted by Crippen LogP contribution is -2.33. The van der Waals surface area contributed by atoms with Crippen LogP contribution in [0, 0.1) is 28.5 Å². The number of hydrogen-bond donors (Lipinski definition) is 1. The van der Waals surface area contributed by atoms with Crippen molar-refractivity contribution in [1.82, 2.24) is 0 Å². The quantitative estimate of drug-likeness (QED) is 0.815. The first-order valence-corrected chi connectivity index (χ1v) is 8.36. The van der Waals surface area contributed by atoms with E-state index in [9.17, 15) is 14.8 Å². The summed E-state index contributed by atoms with van der Waals surface area (Å²) in [6.45, 7) is 2.16. The Morgan fingerprint density at radius 3 is 2.67 bits per heavy atom. The van der Waals surface area contributed by atoms with Crippen molar-refractivity contribution in [3.05, 3.63) is 34.1 Å². The fraction of sp³-hybridized carbons (Fsp3) is 0.588. The maximum Gasteiger partial charge on any atom is 0.130 e. The summed E-state index contributed by atoms with van der Waals surface area (Å²) in [5, 5.41) is 20.2. The van der Waals surface area contributed by atoms with E-state index >= 15 is 0 Å². The fourth-order valence-corrected chi connectivity index (χ4v) is 3.69. The van der Waals surface area contributed by atoms with Crippen LogP contribution in [0.2, 0.25) is 0 Å². The van der Waals surface area contributed by atoms with E-state index in [1.54, 1.807) is 12.1 Å². The SMILES string of the molecule is CCCC1CCC(C#N)(C(O)c2ccc(Br)cc2F)CC1. The summed E-state index contributed by atoms with van der Waals surface area (Å²) in [4.78, 5) is 0. The summed E-state index contributed by atoms with van der Waals surface area (Å²) in [7, 11) is 0. The van der Waals surface area contributed by atoms with Crippen LogP contribution in [-0.2, 0) is 0 Å². The number of halogens is 2. The third kappa shape index (κ3) is 3.46. The molecular formula is C17H21BrFNO. The molecule has 1 unspecified atom stereocenters. The number of rotatable bonds is 4. The average Bonchev–Trinajstić information content (AvgIpc) is 2.48. The third-order valence-electron chi connectivity index (χ3n) is 4.70. The lowest BCUT2D eigenvalue weighted by molar-refractivity contribution is 0.0213. The predicted octanol–water partition coefficient (Wildman–Crippen LogP) is 5.12. The van der Waals surface area contributed by atoms with Gasteiger partial charge in [0.15, 0.2) is 0 Å². The molecule has 0 aliphatic heterocycles. The molecule has 1 saturated carbocycles. The number of nitriles is 1. The van der Waals surface area contributed by atoms with Crippen LogP contribution in [0.3, 0.4) is 0 Å². The Balaban J connectivity index is 2.20. The summed E-state index contributed by atoms with van der Waals surface area (Å²) in [6.07, 6.45) is 4.43. The van der Waals surface area contributed by atoms with Crippen molar-refractivity contribution in [2.24, 2.45) is 11.3 Å². The van der Waals surface area contributed by atoms with Crippen LogP contribution in [-0.4, -0.2) is 5.11 Å². The standard InChI is InChI=1S/C17H21BrFNO/c1-2-3-12-6-8-17(11-20,9-7-12)16(21)14-5-4-13(18)10-15(14)19/h4-5,10,12,16,21H,2-3,6-9H2,1H3. The van der Waals surface area contributed by atoms with Crippen LogP contribution in [0.25, 0.3) is 0 Å². The second-order valence-electron chi connectivity index (χ2n) is 6.07. The number of benzene rings is 1. The molecule has 1 atom stereocenters. The van der Waals surface area contributed by atoms with Crippen LogP contribution in [0.1, 0.15) is 57.1 Å². The molecule has 1 aliphatic carbocycles. The first kappa shape index (κ1) is 16.5. The number of hydrogen-bond acceptors (Lipinski definition) is 2. The van der Waals surface area contributed by atoms with E-state index in [0.29, 0.717) is 23.2 Å². The highest BCUT2D eigenvalue weighted by Crippen LogP contribution is 2.48. The Kier molecular flexibility index (Phi) is 5.40. The Morgan fingerprint density at radius 1 is 1.48 bits per heavy atom. The van der Waals surface area contributed by atoms with Crippen molar-refractivity contribution < 1.29 is 9.50 Å². The maximum atomic E-state index is 14.1. The van der Waals surface area contributed by atoms with Crippen molar-refractivity contribution in [3.8, 4) is 6.07 Å². The van der Waals surface area contributed by atoms with Gasteiger partial charge in [-0.2, -0.15) is 5.26 Å². The van der Waals surface area contributed by atoms with Gasteiger partial charge in [-0.1, -0.05) is 41.8 Å². The van der Waals surface area contributed by atoms with Crippen LogP contribution in [0.15, 0.2) is 22.7 Å². The van der Waals surface area contributed by atoms with Crippen LogP contribution < -0.4 is 0 Å². The molecule has 0 bridgehead atoms. The van der Waals surface area contributed by atoms with E-state index in [-0.39, 0.29) is 5.56 Å². The zero-order valence-corrected chi connectivity index (χ0v) is 13.9. The van der Waals surface area contributed by atoms with E-state index in [2.05, 4.69) is 28.9 Å². The van der Waals surface area contributed by atoms with Crippen molar-refractivity contribution in [2.45, 2.75) is 51.6 Å². The Bertz CT molecular complexity index is 532. The highest BCUT2D eigenvalue weighted by Gasteiger charge is 2.43. The molecule has 4 heteroatoms. The third-order valence-corrected chi connectivity index (χ3v) is 5.19. The van der Waals surface area contributed by atoms with E-state index in [1.807, 2.05) is 0 Å². The molecule has 0 spiro atoms. The van der Waals surface area contributed by atoms with Gasteiger partial charge in [-0.15, -0.1) is 0 Å². The van der Waals surface area contributed by atoms with Gasteiger partial charge < -0.3 is 5.11 Å². The summed E-state index contributed by atoms with van der Waals surface area (Å²) >= 11 is 3.21. The maximum absolute atomic E-state index is 14.1. The summed E-state index contributed by atoms with van der Waals surface area (Å²) in [5.74, 6) is 0.181. The largest absolute Gasteiger partial charge is 0.387 e. The highest BCUT2D eigenvalue weighted by molar-refractivity contribution is 9.10. The molecule has 0 aromatic heterocycles. The normalized spacial score (nSPS) is 27.1. The van der Waals surface area contributed by atoms with Gasteiger partial charge in [-0.25, -0.2) is 4.39 Å². The van der Waals surface area contributed by atoms with E-state index < -0.39 is 17.3 Å². The molecule has 1 aromatic rings. The molecular weight excluding hydrogens is 333 g/mol. The molecule has 2 nitrogen and oxygen atoms in total. The smallest absolute Gasteiger partial charge is 0.130 e. The summed E-state index contributed by atoms with van der Waals surface area (Å²) in [5.41, 5.74) is -0.618. The van der Waals surface area contributed by atoms with Gasteiger partial charge in [0.05, 0.1) is 11.5 Å². The molecule has 1 aromatic carbocycles. The molecule has 1 fully saturated rings. The highest BCUT2D eigenvalue weighted by atomic mass is 79.9. The van der Waals surface area contributed by atoms with Crippen molar-refractivity contribution in [3.63, 3.8) is 0 Å². The lowest BCUT2D eigenvalue weighted by atomic mass is 9.66. The minimum Gasteiger partial charge on any atom is -0.387 e. The minimum absolute atomic E-state index is 0.230. The number of aliphatic hydroxyl groups is 1. The fourth-order valence-electron chi connectivity index (χ4n) is 3.36. The zero-order valence-electron chi connectivity index (χ0n) is 12.3. The number of aliphatic hydroxyl groups excluding tert-OH is 1. The topological polar surface area (TPSA) is 44.0 Å². The first-order valence-electron chi connectivity index (χ1n) is 7.56. The monoisotopic (exact) mass is 353 g/mol. The second-order valence-corrected chi connectivity index (χ2v) is 6.98. The minimum atomic E-state index is -1.06. The molecule has 0 radical (unpaired) electrons. The Hall–Kier alpha value is -0.920. The lowest BCUT2D eigenvalue weighted by Gasteiger charge is -2.38. The van der Waals surface area contributed by atoms with Crippen LogP contribution >= 0.6 is 15.9 Å². The zero-order chi connectivity index (χ0) is 15.5. The molecule has 0 amide bonds. The predicted molar refractivity (Wildman–Crippen MR) is 84.0 cm³/mol. The summed E-state index contributed by atoms with van der Waals surface area (Å²) in [6, 6.07) is 6.91. The van der Waals surface area contributed by atoms with Crippen molar-refractivity contribution in [2.75, 3.05) is 0 Å². The van der Waals surface area contributed by atoms with Gasteiger partial charge in [-0.3, -0.25) is 0 Å².